The van der Waals surface area contributed by atoms with E-state index in [4.69, 9.17) is 4.74 Å². The number of fused-ring (bicyclic) bond motifs is 4. The van der Waals surface area contributed by atoms with E-state index in [1.807, 2.05) is 0 Å². The third kappa shape index (κ3) is 2.66. The molecule has 3 aliphatic rings. The molecule has 1 nitrogen and oxygen atoms in total. The van der Waals surface area contributed by atoms with E-state index in [1.165, 1.54) is 60.9 Å². The fraction of sp³-hybridized carbons (Fsp3) is 0.125. The highest BCUT2D eigenvalue weighted by Crippen LogP contribution is 2.55. The molecule has 0 bridgehead atoms. The standard InChI is InChI=1S/C32H24O/c1-19-7-5-9-21(17-19)23-13-15-26-30-27(32-31(26)25-11-3-4-12-28(25)33-32)16-14-24(29(23)30)22-10-6-8-20(2)18-22/h3-18,25,28H,1-2H3/t25-,28+/m0/s1. The zero-order valence-electron chi connectivity index (χ0n) is 18.8. The molecule has 1 aliphatic heterocycles. The molecule has 4 aromatic rings. The topological polar surface area (TPSA) is 9.23 Å². The zero-order valence-corrected chi connectivity index (χ0v) is 18.8. The Bertz CT molecular complexity index is 1510. The Hall–Kier alpha value is -3.84. The maximum Gasteiger partial charge on any atom is 0.132 e. The number of rotatable bonds is 2. The molecule has 33 heavy (non-hydrogen) atoms. The monoisotopic (exact) mass is 424 g/mol. The largest absolute Gasteiger partial charge is 0.484 e. The van der Waals surface area contributed by atoms with Gasteiger partial charge in [-0.1, -0.05) is 96.1 Å². The van der Waals surface area contributed by atoms with E-state index in [2.05, 4.69) is 111 Å². The highest BCUT2D eigenvalue weighted by atomic mass is 16.5. The van der Waals surface area contributed by atoms with Gasteiger partial charge in [0.1, 0.15) is 11.9 Å². The molecule has 0 aromatic heterocycles. The summed E-state index contributed by atoms with van der Waals surface area (Å²) in [7, 11) is 0. The molecule has 7 rings (SSSR count). The van der Waals surface area contributed by atoms with Crippen molar-refractivity contribution >= 4 is 22.1 Å². The van der Waals surface area contributed by atoms with E-state index in [0.29, 0.717) is 0 Å². The quantitative estimate of drug-likeness (QED) is 0.316. The summed E-state index contributed by atoms with van der Waals surface area (Å²) in [6.45, 7) is 4.33. The minimum atomic E-state index is 0.107. The third-order valence-corrected chi connectivity index (χ3v) is 7.27. The van der Waals surface area contributed by atoms with Gasteiger partial charge >= 0.3 is 0 Å². The summed E-state index contributed by atoms with van der Waals surface area (Å²) in [5.41, 5.74) is 11.6. The molecule has 0 saturated carbocycles. The molecule has 0 spiro atoms. The molecule has 0 N–H and O–H groups in total. The van der Waals surface area contributed by atoms with Crippen LogP contribution in [0.4, 0.5) is 0 Å². The van der Waals surface area contributed by atoms with Crippen LogP contribution in [0.2, 0.25) is 0 Å². The van der Waals surface area contributed by atoms with Gasteiger partial charge in [-0.3, -0.25) is 0 Å². The number of ether oxygens (including phenoxy) is 1. The SMILES string of the molecule is Cc1cccc(-c2ccc3c4c(ccc(-c5cccc(C)c5)c24)C2=C3O[C@@H]3C=CC=C[C@H]23)c1. The molecule has 158 valence electrons. The second-order valence-electron chi connectivity index (χ2n) is 9.43. The highest BCUT2D eigenvalue weighted by Gasteiger charge is 2.41. The number of aryl methyl sites for hydroxylation is 2. The maximum atomic E-state index is 6.53. The van der Waals surface area contributed by atoms with Crippen molar-refractivity contribution in [2.24, 2.45) is 5.92 Å². The van der Waals surface area contributed by atoms with Crippen molar-refractivity contribution in [3.05, 3.63) is 119 Å². The average Bonchev–Trinajstić information content (AvgIpc) is 3.36. The van der Waals surface area contributed by atoms with Crippen LogP contribution in [0.5, 0.6) is 0 Å². The molecule has 0 saturated heterocycles. The summed E-state index contributed by atoms with van der Waals surface area (Å²) in [5.74, 6) is 1.35. The lowest BCUT2D eigenvalue weighted by Gasteiger charge is -2.21. The van der Waals surface area contributed by atoms with Crippen molar-refractivity contribution in [3.8, 4) is 22.3 Å². The molecule has 0 amide bonds. The molecule has 0 radical (unpaired) electrons. The van der Waals surface area contributed by atoms with Gasteiger partial charge in [-0.15, -0.1) is 0 Å². The van der Waals surface area contributed by atoms with Crippen LogP contribution in [0.1, 0.15) is 22.3 Å². The first-order valence-electron chi connectivity index (χ1n) is 11.7. The second kappa shape index (κ2) is 6.83. The predicted molar refractivity (Wildman–Crippen MR) is 138 cm³/mol. The number of allylic oxidation sites excluding steroid dienone is 2. The first-order valence-corrected chi connectivity index (χ1v) is 11.7. The van der Waals surface area contributed by atoms with E-state index in [0.717, 1.165) is 5.76 Å². The van der Waals surface area contributed by atoms with Crippen LogP contribution >= 0.6 is 0 Å². The Kier molecular flexibility index (Phi) is 3.87. The van der Waals surface area contributed by atoms with Gasteiger partial charge in [-0.25, -0.2) is 0 Å². The van der Waals surface area contributed by atoms with E-state index in [-0.39, 0.29) is 12.0 Å². The zero-order chi connectivity index (χ0) is 22.1. The molecule has 0 fully saturated rings. The lowest BCUT2D eigenvalue weighted by molar-refractivity contribution is 0.213. The molecular weight excluding hydrogens is 400 g/mol. The average molecular weight is 425 g/mol. The van der Waals surface area contributed by atoms with Crippen LogP contribution in [0.25, 0.3) is 44.4 Å². The molecule has 4 aromatic carbocycles. The fourth-order valence-electron chi connectivity index (χ4n) is 5.84. The first kappa shape index (κ1) is 18.7. The van der Waals surface area contributed by atoms with Gasteiger partial charge in [0.15, 0.2) is 0 Å². The van der Waals surface area contributed by atoms with Gasteiger partial charge in [-0.05, 0) is 59.2 Å². The van der Waals surface area contributed by atoms with Crippen LogP contribution < -0.4 is 0 Å². The summed E-state index contributed by atoms with van der Waals surface area (Å²) in [5, 5.41) is 2.66. The molecule has 2 atom stereocenters. The first-order chi connectivity index (χ1) is 16.2. The van der Waals surface area contributed by atoms with Gasteiger partial charge in [0.2, 0.25) is 0 Å². The minimum absolute atomic E-state index is 0.107. The maximum absolute atomic E-state index is 6.53. The van der Waals surface area contributed by atoms with Gasteiger partial charge < -0.3 is 4.74 Å². The normalized spacial score (nSPS) is 19.7. The third-order valence-electron chi connectivity index (χ3n) is 7.27. The van der Waals surface area contributed by atoms with Crippen molar-refractivity contribution in [3.63, 3.8) is 0 Å². The summed E-state index contributed by atoms with van der Waals surface area (Å²) < 4.78 is 6.53. The van der Waals surface area contributed by atoms with Gasteiger partial charge in [0, 0.05) is 22.4 Å². The van der Waals surface area contributed by atoms with Crippen LogP contribution in [-0.2, 0) is 4.74 Å². The minimum Gasteiger partial charge on any atom is -0.484 e. The predicted octanol–water partition coefficient (Wildman–Crippen LogP) is 8.11. The van der Waals surface area contributed by atoms with Gasteiger partial charge in [-0.2, -0.15) is 0 Å². The smallest absolute Gasteiger partial charge is 0.132 e. The Morgan fingerprint density at radius 3 is 1.85 bits per heavy atom. The van der Waals surface area contributed by atoms with Crippen LogP contribution in [0, 0.1) is 19.8 Å². The molecule has 0 unspecified atom stereocenters. The molecule has 2 aliphatic carbocycles. The lowest BCUT2D eigenvalue weighted by atomic mass is 9.84. The van der Waals surface area contributed by atoms with Crippen molar-refractivity contribution in [2.45, 2.75) is 20.0 Å². The van der Waals surface area contributed by atoms with Crippen molar-refractivity contribution < 1.29 is 4.74 Å². The van der Waals surface area contributed by atoms with Crippen LogP contribution in [0.3, 0.4) is 0 Å². The highest BCUT2D eigenvalue weighted by molar-refractivity contribution is 6.20. The van der Waals surface area contributed by atoms with E-state index in [1.54, 1.807) is 0 Å². The van der Waals surface area contributed by atoms with E-state index < -0.39 is 0 Å². The Morgan fingerprint density at radius 1 is 0.606 bits per heavy atom. The van der Waals surface area contributed by atoms with Crippen molar-refractivity contribution in [2.75, 3.05) is 0 Å². The summed E-state index contributed by atoms with van der Waals surface area (Å²) in [6, 6.07) is 26.9. The fourth-order valence-corrected chi connectivity index (χ4v) is 5.84. The number of benzene rings is 4. The molecule has 1 heterocycles. The Balaban J connectivity index is 1.56. The van der Waals surface area contributed by atoms with Crippen molar-refractivity contribution in [1.82, 2.24) is 0 Å². The lowest BCUT2D eigenvalue weighted by Crippen LogP contribution is -2.16. The Morgan fingerprint density at radius 2 is 1.18 bits per heavy atom. The van der Waals surface area contributed by atoms with E-state index >= 15 is 0 Å². The van der Waals surface area contributed by atoms with Crippen LogP contribution in [0.15, 0.2) is 97.1 Å². The van der Waals surface area contributed by atoms with Gasteiger partial charge in [0.25, 0.3) is 0 Å². The summed E-state index contributed by atoms with van der Waals surface area (Å²) >= 11 is 0. The number of hydrogen-bond acceptors (Lipinski definition) is 1. The molecule has 1 heteroatoms. The summed E-state index contributed by atoms with van der Waals surface area (Å²) in [4.78, 5) is 0. The van der Waals surface area contributed by atoms with Crippen molar-refractivity contribution in [1.29, 1.82) is 0 Å². The second-order valence-corrected chi connectivity index (χ2v) is 9.43. The van der Waals surface area contributed by atoms with E-state index in [9.17, 15) is 0 Å². The number of hydrogen-bond donors (Lipinski definition) is 0. The van der Waals surface area contributed by atoms with Crippen LogP contribution in [-0.4, -0.2) is 6.10 Å². The summed E-state index contributed by atoms with van der Waals surface area (Å²) in [6.07, 6.45) is 8.83. The Labute approximate surface area is 194 Å². The molecular formula is C32H24O. The van der Waals surface area contributed by atoms with Gasteiger partial charge in [0.05, 0.1) is 0 Å².